The summed E-state index contributed by atoms with van der Waals surface area (Å²) in [4.78, 5) is 26.0. The molecule has 1 atom stereocenters. The highest BCUT2D eigenvalue weighted by molar-refractivity contribution is 9.10. The molecule has 3 rings (SSSR count). The molecule has 1 aliphatic heterocycles. The molecule has 0 aromatic heterocycles. The number of nitrogens with one attached hydrogen (secondary N) is 1. The zero-order valence-electron chi connectivity index (χ0n) is 11.8. The number of anilines is 1. The van der Waals surface area contributed by atoms with Crippen LogP contribution in [0.25, 0.3) is 0 Å². The van der Waals surface area contributed by atoms with Crippen molar-refractivity contribution in [3.8, 4) is 0 Å². The standard InChI is InChI=1S/C17H15BrN2O2/c18-13-8-6-12(7-9-13)17(22)19-14-10-16(21)20(11-14)15-4-2-1-3-5-15/h1-9,14H,10-11H2,(H,19,22). The molecule has 0 aliphatic carbocycles. The number of benzene rings is 2. The largest absolute Gasteiger partial charge is 0.347 e. The predicted molar refractivity (Wildman–Crippen MR) is 88.8 cm³/mol. The average molecular weight is 359 g/mol. The predicted octanol–water partition coefficient (Wildman–Crippen LogP) is 2.98. The maximum absolute atomic E-state index is 12.2. The summed E-state index contributed by atoms with van der Waals surface area (Å²) in [5.74, 6) is -0.118. The van der Waals surface area contributed by atoms with E-state index in [-0.39, 0.29) is 17.9 Å². The van der Waals surface area contributed by atoms with Crippen LogP contribution in [0.15, 0.2) is 59.1 Å². The normalized spacial score (nSPS) is 17.6. The van der Waals surface area contributed by atoms with Crippen LogP contribution in [0.2, 0.25) is 0 Å². The maximum atomic E-state index is 12.2. The van der Waals surface area contributed by atoms with E-state index in [1.807, 2.05) is 42.5 Å². The van der Waals surface area contributed by atoms with Gasteiger partial charge in [-0.2, -0.15) is 0 Å². The SMILES string of the molecule is O=C(NC1CC(=O)N(c2ccccc2)C1)c1ccc(Br)cc1. The maximum Gasteiger partial charge on any atom is 0.251 e. The summed E-state index contributed by atoms with van der Waals surface area (Å²) in [6.07, 6.45) is 0.331. The van der Waals surface area contributed by atoms with Crippen molar-refractivity contribution in [3.63, 3.8) is 0 Å². The van der Waals surface area contributed by atoms with E-state index in [0.717, 1.165) is 10.2 Å². The Balaban J connectivity index is 1.66. The van der Waals surface area contributed by atoms with Gasteiger partial charge in [0.25, 0.3) is 5.91 Å². The Morgan fingerprint density at radius 2 is 1.77 bits per heavy atom. The van der Waals surface area contributed by atoms with Crippen LogP contribution in [-0.2, 0) is 4.79 Å². The smallest absolute Gasteiger partial charge is 0.251 e. The van der Waals surface area contributed by atoms with Gasteiger partial charge in [0.05, 0.1) is 6.04 Å². The zero-order valence-corrected chi connectivity index (χ0v) is 13.4. The molecule has 2 amide bonds. The average Bonchev–Trinajstić information content (AvgIpc) is 2.89. The van der Waals surface area contributed by atoms with Gasteiger partial charge in [-0.15, -0.1) is 0 Å². The quantitative estimate of drug-likeness (QED) is 0.916. The Kier molecular flexibility index (Phi) is 4.24. The van der Waals surface area contributed by atoms with Gasteiger partial charge in [-0.25, -0.2) is 0 Å². The van der Waals surface area contributed by atoms with Gasteiger partial charge < -0.3 is 10.2 Å². The molecule has 112 valence electrons. The van der Waals surface area contributed by atoms with Gasteiger partial charge in [-0.05, 0) is 36.4 Å². The number of para-hydroxylation sites is 1. The lowest BCUT2D eigenvalue weighted by Gasteiger charge is -2.17. The van der Waals surface area contributed by atoms with Gasteiger partial charge in [-0.1, -0.05) is 34.1 Å². The van der Waals surface area contributed by atoms with Gasteiger partial charge in [0.15, 0.2) is 0 Å². The Hall–Kier alpha value is -2.14. The minimum absolute atomic E-state index is 0.0345. The van der Waals surface area contributed by atoms with Crippen LogP contribution in [0.3, 0.4) is 0 Å². The summed E-state index contributed by atoms with van der Waals surface area (Å²) in [5.41, 5.74) is 1.46. The first-order chi connectivity index (χ1) is 10.6. The highest BCUT2D eigenvalue weighted by atomic mass is 79.9. The van der Waals surface area contributed by atoms with Crippen LogP contribution < -0.4 is 10.2 Å². The number of carbonyl (C=O) groups is 2. The highest BCUT2D eigenvalue weighted by Gasteiger charge is 2.31. The summed E-state index contributed by atoms with van der Waals surface area (Å²) < 4.78 is 0.926. The number of hydrogen-bond donors (Lipinski definition) is 1. The summed E-state index contributed by atoms with van der Waals surface area (Å²) in [7, 11) is 0. The minimum atomic E-state index is -0.163. The lowest BCUT2D eigenvalue weighted by molar-refractivity contribution is -0.117. The highest BCUT2D eigenvalue weighted by Crippen LogP contribution is 2.21. The first-order valence-corrected chi connectivity index (χ1v) is 7.84. The molecule has 2 aromatic carbocycles. The Morgan fingerprint density at radius 1 is 1.09 bits per heavy atom. The third-order valence-corrected chi connectivity index (χ3v) is 4.16. The molecule has 1 saturated heterocycles. The Bertz CT molecular complexity index is 686. The second-order valence-electron chi connectivity index (χ2n) is 5.22. The molecule has 2 aromatic rings. The van der Waals surface area contributed by atoms with Crippen LogP contribution in [0.5, 0.6) is 0 Å². The summed E-state index contributed by atoms with van der Waals surface area (Å²) in [6, 6.07) is 16.5. The molecular weight excluding hydrogens is 344 g/mol. The third kappa shape index (κ3) is 3.20. The minimum Gasteiger partial charge on any atom is -0.347 e. The lowest BCUT2D eigenvalue weighted by atomic mass is 10.2. The van der Waals surface area contributed by atoms with Gasteiger partial charge in [0.2, 0.25) is 5.91 Å². The van der Waals surface area contributed by atoms with E-state index in [2.05, 4.69) is 21.2 Å². The fraction of sp³-hybridized carbons (Fsp3) is 0.176. The van der Waals surface area contributed by atoms with Gasteiger partial charge in [0.1, 0.15) is 0 Å². The zero-order chi connectivity index (χ0) is 15.5. The van der Waals surface area contributed by atoms with E-state index in [1.54, 1.807) is 17.0 Å². The summed E-state index contributed by atoms with van der Waals surface area (Å²) >= 11 is 3.34. The Labute approximate surface area is 137 Å². The van der Waals surface area contributed by atoms with Crippen LogP contribution in [0, 0.1) is 0 Å². The molecule has 1 unspecified atom stereocenters. The fourth-order valence-corrected chi connectivity index (χ4v) is 2.80. The summed E-state index contributed by atoms with van der Waals surface area (Å²) in [6.45, 7) is 0.505. The van der Waals surface area contributed by atoms with Crippen molar-refractivity contribution in [1.29, 1.82) is 0 Å². The molecule has 4 nitrogen and oxygen atoms in total. The number of amides is 2. The van der Waals surface area contributed by atoms with Crippen molar-refractivity contribution in [3.05, 3.63) is 64.6 Å². The third-order valence-electron chi connectivity index (χ3n) is 3.63. The van der Waals surface area contributed by atoms with E-state index < -0.39 is 0 Å². The molecule has 0 radical (unpaired) electrons. The number of halogens is 1. The van der Waals surface area contributed by atoms with Crippen LogP contribution in [-0.4, -0.2) is 24.4 Å². The monoisotopic (exact) mass is 358 g/mol. The Morgan fingerprint density at radius 3 is 2.45 bits per heavy atom. The van der Waals surface area contributed by atoms with E-state index >= 15 is 0 Å². The number of carbonyl (C=O) groups excluding carboxylic acids is 2. The van der Waals surface area contributed by atoms with Crippen molar-refractivity contribution in [2.24, 2.45) is 0 Å². The number of hydrogen-bond acceptors (Lipinski definition) is 2. The summed E-state index contributed by atoms with van der Waals surface area (Å²) in [5, 5.41) is 2.93. The molecular formula is C17H15BrN2O2. The van der Waals surface area contributed by atoms with Crippen molar-refractivity contribution in [2.45, 2.75) is 12.5 Å². The van der Waals surface area contributed by atoms with Crippen LogP contribution in [0.4, 0.5) is 5.69 Å². The van der Waals surface area contributed by atoms with E-state index in [9.17, 15) is 9.59 Å². The van der Waals surface area contributed by atoms with Gasteiger partial charge in [-0.3, -0.25) is 9.59 Å². The fourth-order valence-electron chi connectivity index (χ4n) is 2.53. The molecule has 0 spiro atoms. The molecule has 22 heavy (non-hydrogen) atoms. The van der Waals surface area contributed by atoms with Crippen molar-refractivity contribution >= 4 is 33.4 Å². The van der Waals surface area contributed by atoms with Crippen LogP contribution >= 0.6 is 15.9 Å². The topological polar surface area (TPSA) is 49.4 Å². The lowest BCUT2D eigenvalue weighted by Crippen LogP contribution is -2.37. The van der Waals surface area contributed by atoms with Gasteiger partial charge in [0, 0.05) is 28.7 Å². The number of nitrogens with zero attached hydrogens (tertiary/aromatic N) is 1. The van der Waals surface area contributed by atoms with Gasteiger partial charge >= 0.3 is 0 Å². The molecule has 1 heterocycles. The molecule has 1 aliphatic rings. The van der Waals surface area contributed by atoms with E-state index in [4.69, 9.17) is 0 Å². The first-order valence-electron chi connectivity index (χ1n) is 7.05. The molecule has 1 N–H and O–H groups in total. The second-order valence-corrected chi connectivity index (χ2v) is 6.14. The van der Waals surface area contributed by atoms with E-state index in [0.29, 0.717) is 18.5 Å². The number of rotatable bonds is 3. The van der Waals surface area contributed by atoms with E-state index in [1.165, 1.54) is 0 Å². The van der Waals surface area contributed by atoms with Crippen molar-refractivity contribution < 1.29 is 9.59 Å². The van der Waals surface area contributed by atoms with Crippen molar-refractivity contribution in [2.75, 3.05) is 11.4 Å². The molecule has 5 heteroatoms. The second kappa shape index (κ2) is 6.32. The first kappa shape index (κ1) is 14.8. The van der Waals surface area contributed by atoms with Crippen molar-refractivity contribution in [1.82, 2.24) is 5.32 Å². The molecule has 0 saturated carbocycles. The van der Waals surface area contributed by atoms with Crippen LogP contribution in [0.1, 0.15) is 16.8 Å². The molecule has 0 bridgehead atoms. The molecule has 1 fully saturated rings.